The molecule has 0 amide bonds. The molecule has 4 heteroatoms. The Hall–Kier alpha value is -1.42. The van der Waals surface area contributed by atoms with E-state index in [1.165, 1.54) is 0 Å². The molecule has 4 N–H and O–H groups in total. The molecule has 0 spiro atoms. The highest BCUT2D eigenvalue weighted by Crippen LogP contribution is 2.35. The van der Waals surface area contributed by atoms with Crippen molar-refractivity contribution >= 4 is 11.4 Å². The van der Waals surface area contributed by atoms with Crippen LogP contribution < -0.4 is 16.0 Å². The summed E-state index contributed by atoms with van der Waals surface area (Å²) in [4.78, 5) is 2.16. The van der Waals surface area contributed by atoms with Crippen LogP contribution in [0.1, 0.15) is 5.56 Å². The smallest absolute Gasteiger partial charge is 0.118 e. The Kier molecular flexibility index (Phi) is 2.21. The predicted molar refractivity (Wildman–Crippen MR) is 57.8 cm³/mol. The minimum atomic E-state index is 0.270. The number of phenols is 1. The number of hydrogen-bond acceptors (Lipinski definition) is 4. The first-order valence-corrected chi connectivity index (χ1v) is 4.73. The van der Waals surface area contributed by atoms with Crippen molar-refractivity contribution in [3.05, 3.63) is 17.7 Å². The van der Waals surface area contributed by atoms with Crippen molar-refractivity contribution in [3.63, 3.8) is 0 Å². The zero-order chi connectivity index (χ0) is 10.1. The maximum absolute atomic E-state index is 9.47. The number of anilines is 2. The molecule has 0 saturated carbocycles. The Balaban J connectivity index is 2.55. The lowest BCUT2D eigenvalue weighted by Gasteiger charge is -2.30. The quantitative estimate of drug-likeness (QED) is 0.615. The molecule has 0 aliphatic carbocycles. The summed E-state index contributed by atoms with van der Waals surface area (Å²) >= 11 is 0. The summed E-state index contributed by atoms with van der Waals surface area (Å²) in [6.45, 7) is 2.31. The molecular formula is C10H15N3O. The van der Waals surface area contributed by atoms with Crippen LogP contribution in [-0.4, -0.2) is 25.2 Å². The van der Waals surface area contributed by atoms with Gasteiger partial charge in [0.2, 0.25) is 0 Å². The predicted octanol–water partition coefficient (Wildman–Crippen LogP) is 0.713. The zero-order valence-corrected chi connectivity index (χ0v) is 8.25. The van der Waals surface area contributed by atoms with Crippen LogP contribution in [0.4, 0.5) is 11.4 Å². The van der Waals surface area contributed by atoms with Crippen LogP contribution in [0.5, 0.6) is 5.75 Å². The summed E-state index contributed by atoms with van der Waals surface area (Å²) < 4.78 is 0. The summed E-state index contributed by atoms with van der Waals surface area (Å²) in [6, 6.07) is 3.46. The number of phenolic OH excluding ortho intramolecular Hbond substituents is 1. The monoisotopic (exact) mass is 193 g/mol. The largest absolute Gasteiger partial charge is 0.508 e. The van der Waals surface area contributed by atoms with Crippen LogP contribution in [0.2, 0.25) is 0 Å². The molecule has 0 aromatic heterocycles. The number of rotatable bonds is 1. The number of hydrogen-bond donors (Lipinski definition) is 3. The first-order valence-electron chi connectivity index (χ1n) is 4.73. The molecule has 0 radical (unpaired) electrons. The van der Waals surface area contributed by atoms with Gasteiger partial charge in [0.05, 0.1) is 11.4 Å². The lowest BCUT2D eigenvalue weighted by atomic mass is 10.1. The number of likely N-dealkylation sites (N-methyl/N-ethyl adjacent to an activating group) is 1. The molecule has 0 atom stereocenters. The van der Waals surface area contributed by atoms with E-state index in [0.29, 0.717) is 6.54 Å². The van der Waals surface area contributed by atoms with E-state index in [9.17, 15) is 5.11 Å². The number of nitrogens with one attached hydrogen (secondary N) is 1. The van der Waals surface area contributed by atoms with Gasteiger partial charge in [-0.1, -0.05) is 0 Å². The fourth-order valence-electron chi connectivity index (χ4n) is 1.89. The Morgan fingerprint density at radius 2 is 2.36 bits per heavy atom. The molecule has 76 valence electrons. The molecule has 2 rings (SSSR count). The fraction of sp³-hybridized carbons (Fsp3) is 0.400. The number of nitrogens with zero attached hydrogens (tertiary/aromatic N) is 1. The second-order valence-electron chi connectivity index (χ2n) is 3.55. The van der Waals surface area contributed by atoms with Crippen LogP contribution in [0.3, 0.4) is 0 Å². The van der Waals surface area contributed by atoms with Gasteiger partial charge in [0.15, 0.2) is 0 Å². The third-order valence-corrected chi connectivity index (χ3v) is 2.54. The first kappa shape index (κ1) is 9.15. The maximum Gasteiger partial charge on any atom is 0.118 e. The number of benzene rings is 1. The standard InChI is InChI=1S/C10H15N3O/c1-13-3-2-12-9-5-8(14)4-7(6-11)10(9)13/h4-5,12,14H,2-3,6,11H2,1H3. The molecule has 1 aromatic carbocycles. The van der Waals surface area contributed by atoms with Gasteiger partial charge in [0, 0.05) is 32.7 Å². The van der Waals surface area contributed by atoms with Gasteiger partial charge in [-0.25, -0.2) is 0 Å². The summed E-state index contributed by atoms with van der Waals surface area (Å²) in [6.07, 6.45) is 0. The molecule has 0 unspecified atom stereocenters. The molecule has 1 aliphatic heterocycles. The lowest BCUT2D eigenvalue weighted by Crippen LogP contribution is -2.31. The zero-order valence-electron chi connectivity index (χ0n) is 8.25. The van der Waals surface area contributed by atoms with E-state index in [2.05, 4.69) is 10.2 Å². The fourth-order valence-corrected chi connectivity index (χ4v) is 1.89. The van der Waals surface area contributed by atoms with Crippen molar-refractivity contribution in [1.82, 2.24) is 0 Å². The van der Waals surface area contributed by atoms with E-state index in [1.54, 1.807) is 12.1 Å². The van der Waals surface area contributed by atoms with E-state index in [4.69, 9.17) is 5.73 Å². The number of aromatic hydroxyl groups is 1. The molecular weight excluding hydrogens is 178 g/mol. The van der Waals surface area contributed by atoms with Crippen LogP contribution >= 0.6 is 0 Å². The van der Waals surface area contributed by atoms with Crippen LogP contribution in [0.25, 0.3) is 0 Å². The summed E-state index contributed by atoms with van der Waals surface area (Å²) in [5, 5.41) is 12.7. The van der Waals surface area contributed by atoms with Gasteiger partial charge in [-0.2, -0.15) is 0 Å². The normalized spacial score (nSPS) is 14.9. The second kappa shape index (κ2) is 3.38. The van der Waals surface area contributed by atoms with Crippen LogP contribution in [-0.2, 0) is 6.54 Å². The van der Waals surface area contributed by atoms with Gasteiger partial charge in [-0.05, 0) is 11.6 Å². The average Bonchev–Trinajstić information content (AvgIpc) is 2.16. The molecule has 0 bridgehead atoms. The third-order valence-electron chi connectivity index (χ3n) is 2.54. The van der Waals surface area contributed by atoms with Crippen molar-refractivity contribution in [2.24, 2.45) is 5.73 Å². The van der Waals surface area contributed by atoms with Crippen LogP contribution in [0.15, 0.2) is 12.1 Å². The van der Waals surface area contributed by atoms with E-state index < -0.39 is 0 Å². The van der Waals surface area contributed by atoms with Gasteiger partial charge in [-0.15, -0.1) is 0 Å². The summed E-state index contributed by atoms with van der Waals surface area (Å²) in [7, 11) is 2.04. The Morgan fingerprint density at radius 3 is 3.07 bits per heavy atom. The van der Waals surface area contributed by atoms with Gasteiger partial charge in [0.1, 0.15) is 5.75 Å². The Labute approximate surface area is 83.3 Å². The number of nitrogens with two attached hydrogens (primary N) is 1. The van der Waals surface area contributed by atoms with Crippen molar-refractivity contribution in [1.29, 1.82) is 0 Å². The van der Waals surface area contributed by atoms with E-state index in [0.717, 1.165) is 30.0 Å². The summed E-state index contributed by atoms with van der Waals surface area (Å²) in [5.41, 5.74) is 8.70. The second-order valence-corrected chi connectivity index (χ2v) is 3.55. The van der Waals surface area contributed by atoms with Crippen molar-refractivity contribution < 1.29 is 5.11 Å². The third kappa shape index (κ3) is 1.37. The average molecular weight is 193 g/mol. The molecule has 0 saturated heterocycles. The number of fused-ring (bicyclic) bond motifs is 1. The molecule has 4 nitrogen and oxygen atoms in total. The molecule has 1 heterocycles. The maximum atomic E-state index is 9.47. The highest BCUT2D eigenvalue weighted by atomic mass is 16.3. The van der Waals surface area contributed by atoms with Crippen molar-refractivity contribution in [2.45, 2.75) is 6.54 Å². The minimum Gasteiger partial charge on any atom is -0.508 e. The lowest BCUT2D eigenvalue weighted by molar-refractivity contribution is 0.474. The highest BCUT2D eigenvalue weighted by molar-refractivity contribution is 5.77. The van der Waals surface area contributed by atoms with Crippen molar-refractivity contribution in [3.8, 4) is 5.75 Å². The van der Waals surface area contributed by atoms with Crippen molar-refractivity contribution in [2.75, 3.05) is 30.4 Å². The van der Waals surface area contributed by atoms with Crippen LogP contribution in [0, 0.1) is 0 Å². The SMILES string of the molecule is CN1CCNc2cc(O)cc(CN)c21. The molecule has 14 heavy (non-hydrogen) atoms. The highest BCUT2D eigenvalue weighted by Gasteiger charge is 2.17. The Morgan fingerprint density at radius 1 is 1.57 bits per heavy atom. The minimum absolute atomic E-state index is 0.270. The molecule has 1 aliphatic rings. The molecule has 0 fully saturated rings. The topological polar surface area (TPSA) is 61.5 Å². The van der Waals surface area contributed by atoms with Gasteiger partial charge >= 0.3 is 0 Å². The van der Waals surface area contributed by atoms with Gasteiger partial charge < -0.3 is 21.1 Å². The van der Waals surface area contributed by atoms with E-state index in [1.807, 2.05) is 7.05 Å². The molecule has 1 aromatic rings. The summed E-state index contributed by atoms with van der Waals surface area (Å²) in [5.74, 6) is 0.270. The first-order chi connectivity index (χ1) is 6.72. The van der Waals surface area contributed by atoms with Gasteiger partial charge in [0.25, 0.3) is 0 Å². The van der Waals surface area contributed by atoms with Gasteiger partial charge in [-0.3, -0.25) is 0 Å². The Bertz CT molecular complexity index is 334. The van der Waals surface area contributed by atoms with E-state index >= 15 is 0 Å². The van der Waals surface area contributed by atoms with E-state index in [-0.39, 0.29) is 5.75 Å².